The molecule has 0 aliphatic heterocycles. The van der Waals surface area contributed by atoms with E-state index in [9.17, 15) is 4.79 Å². The number of carbonyl (C=O) groups is 1. The summed E-state index contributed by atoms with van der Waals surface area (Å²) in [4.78, 5) is 13.1. The molecular weight excluding hydrogens is 286 g/mol. The molecule has 1 fully saturated rings. The summed E-state index contributed by atoms with van der Waals surface area (Å²) in [5.41, 5.74) is 0. The standard InChI is InChI=1S/C12H16BrNOS/c13-10-6-7-16-11(10)8-14-12(15)9-4-2-1-3-5-9/h6-7,9H,1-5,8H2,(H,14,15). The molecule has 1 aliphatic rings. The Hall–Kier alpha value is -0.350. The van der Waals surface area contributed by atoms with E-state index in [1.54, 1.807) is 11.3 Å². The van der Waals surface area contributed by atoms with Crippen LogP contribution in [0.4, 0.5) is 0 Å². The maximum atomic E-state index is 11.9. The summed E-state index contributed by atoms with van der Waals surface area (Å²) in [5, 5.41) is 5.07. The minimum atomic E-state index is 0.236. The number of halogens is 1. The fraction of sp³-hybridized carbons (Fsp3) is 0.583. The fourth-order valence-corrected chi connectivity index (χ4v) is 3.56. The van der Waals surface area contributed by atoms with Crippen molar-refractivity contribution >= 4 is 33.2 Å². The zero-order valence-electron chi connectivity index (χ0n) is 9.17. The number of nitrogens with one attached hydrogen (secondary N) is 1. The fourth-order valence-electron chi connectivity index (χ4n) is 2.13. The van der Waals surface area contributed by atoms with Crippen LogP contribution in [0.1, 0.15) is 37.0 Å². The van der Waals surface area contributed by atoms with Crippen LogP contribution >= 0.6 is 27.3 Å². The van der Waals surface area contributed by atoms with Crippen molar-refractivity contribution in [3.05, 3.63) is 20.8 Å². The zero-order chi connectivity index (χ0) is 11.4. The first-order chi connectivity index (χ1) is 7.77. The number of amides is 1. The van der Waals surface area contributed by atoms with E-state index in [4.69, 9.17) is 0 Å². The monoisotopic (exact) mass is 301 g/mol. The van der Waals surface area contributed by atoms with Crippen LogP contribution in [-0.2, 0) is 11.3 Å². The van der Waals surface area contributed by atoms with Gasteiger partial charge in [-0.25, -0.2) is 0 Å². The molecule has 0 atom stereocenters. The van der Waals surface area contributed by atoms with Gasteiger partial charge in [-0.15, -0.1) is 11.3 Å². The second-order valence-corrected chi connectivity index (χ2v) is 6.10. The van der Waals surface area contributed by atoms with Crippen LogP contribution in [0.15, 0.2) is 15.9 Å². The van der Waals surface area contributed by atoms with Crippen LogP contribution in [0.5, 0.6) is 0 Å². The van der Waals surface area contributed by atoms with Gasteiger partial charge in [-0.3, -0.25) is 4.79 Å². The molecule has 4 heteroatoms. The molecule has 0 unspecified atom stereocenters. The second-order valence-electron chi connectivity index (χ2n) is 4.24. The first kappa shape index (κ1) is 12.1. The topological polar surface area (TPSA) is 29.1 Å². The molecule has 0 aromatic carbocycles. The van der Waals surface area contributed by atoms with E-state index in [2.05, 4.69) is 21.2 Å². The van der Waals surface area contributed by atoms with Crippen molar-refractivity contribution < 1.29 is 4.79 Å². The third-order valence-corrected chi connectivity index (χ3v) is 5.02. The molecule has 1 heterocycles. The minimum absolute atomic E-state index is 0.236. The maximum absolute atomic E-state index is 11.9. The Kier molecular flexibility index (Phi) is 4.41. The van der Waals surface area contributed by atoms with Crippen molar-refractivity contribution in [3.8, 4) is 0 Å². The highest BCUT2D eigenvalue weighted by molar-refractivity contribution is 9.10. The molecule has 1 N–H and O–H groups in total. The van der Waals surface area contributed by atoms with E-state index in [-0.39, 0.29) is 11.8 Å². The lowest BCUT2D eigenvalue weighted by Gasteiger charge is -2.20. The van der Waals surface area contributed by atoms with E-state index in [1.807, 2.05) is 11.4 Å². The molecule has 2 rings (SSSR count). The van der Waals surface area contributed by atoms with Crippen molar-refractivity contribution in [1.29, 1.82) is 0 Å². The maximum Gasteiger partial charge on any atom is 0.223 e. The first-order valence-electron chi connectivity index (χ1n) is 5.77. The molecule has 2 nitrogen and oxygen atoms in total. The van der Waals surface area contributed by atoms with Crippen LogP contribution in [-0.4, -0.2) is 5.91 Å². The Balaban J connectivity index is 1.81. The molecule has 0 spiro atoms. The van der Waals surface area contributed by atoms with Gasteiger partial charge in [0.05, 0.1) is 6.54 Å². The van der Waals surface area contributed by atoms with Crippen molar-refractivity contribution in [1.82, 2.24) is 5.32 Å². The molecular formula is C12H16BrNOS. The Morgan fingerprint density at radius 1 is 1.44 bits per heavy atom. The molecule has 0 saturated heterocycles. The van der Waals surface area contributed by atoms with Gasteiger partial charge >= 0.3 is 0 Å². The van der Waals surface area contributed by atoms with Gasteiger partial charge in [0.15, 0.2) is 0 Å². The molecule has 16 heavy (non-hydrogen) atoms. The Bertz CT molecular complexity index is 358. The molecule has 1 aliphatic carbocycles. The summed E-state index contributed by atoms with van der Waals surface area (Å²) in [6.07, 6.45) is 5.84. The molecule has 88 valence electrons. The van der Waals surface area contributed by atoms with E-state index < -0.39 is 0 Å². The predicted octanol–water partition coefficient (Wildman–Crippen LogP) is 3.71. The van der Waals surface area contributed by atoms with E-state index in [0.29, 0.717) is 6.54 Å². The van der Waals surface area contributed by atoms with E-state index >= 15 is 0 Å². The lowest BCUT2D eigenvalue weighted by Crippen LogP contribution is -2.31. The number of hydrogen-bond acceptors (Lipinski definition) is 2. The molecule has 1 aromatic rings. The Morgan fingerprint density at radius 3 is 2.81 bits per heavy atom. The number of rotatable bonds is 3. The minimum Gasteiger partial charge on any atom is -0.351 e. The third kappa shape index (κ3) is 3.08. The van der Waals surface area contributed by atoms with Crippen molar-refractivity contribution in [2.24, 2.45) is 5.92 Å². The van der Waals surface area contributed by atoms with E-state index in [1.165, 1.54) is 24.1 Å². The second kappa shape index (κ2) is 5.82. The van der Waals surface area contributed by atoms with Crippen LogP contribution in [0.2, 0.25) is 0 Å². The zero-order valence-corrected chi connectivity index (χ0v) is 11.6. The van der Waals surface area contributed by atoms with Gasteiger partial charge in [0.25, 0.3) is 0 Å². The molecule has 0 bridgehead atoms. The average molecular weight is 302 g/mol. The lowest BCUT2D eigenvalue weighted by atomic mass is 9.89. The van der Waals surface area contributed by atoms with Crippen LogP contribution in [0.25, 0.3) is 0 Å². The van der Waals surface area contributed by atoms with Crippen molar-refractivity contribution in [2.75, 3.05) is 0 Å². The van der Waals surface area contributed by atoms with Gasteiger partial charge in [-0.05, 0) is 40.2 Å². The first-order valence-corrected chi connectivity index (χ1v) is 7.44. The van der Waals surface area contributed by atoms with Gasteiger partial charge < -0.3 is 5.32 Å². The Morgan fingerprint density at radius 2 is 2.19 bits per heavy atom. The highest BCUT2D eigenvalue weighted by Gasteiger charge is 2.20. The van der Waals surface area contributed by atoms with Gasteiger partial charge in [0, 0.05) is 15.3 Å². The number of thiophene rings is 1. The summed E-state index contributed by atoms with van der Waals surface area (Å²) < 4.78 is 1.10. The van der Waals surface area contributed by atoms with Crippen molar-refractivity contribution in [2.45, 2.75) is 38.6 Å². The summed E-state index contributed by atoms with van der Waals surface area (Å²) in [6, 6.07) is 2.02. The average Bonchev–Trinajstić information content (AvgIpc) is 2.73. The van der Waals surface area contributed by atoms with Crippen LogP contribution in [0.3, 0.4) is 0 Å². The van der Waals surface area contributed by atoms with Crippen LogP contribution in [0, 0.1) is 5.92 Å². The summed E-state index contributed by atoms with van der Waals surface area (Å²) in [5.74, 6) is 0.493. The predicted molar refractivity (Wildman–Crippen MR) is 70.4 cm³/mol. The molecule has 0 radical (unpaired) electrons. The van der Waals surface area contributed by atoms with Crippen LogP contribution < -0.4 is 5.32 Å². The van der Waals surface area contributed by atoms with Gasteiger partial charge in [0.1, 0.15) is 0 Å². The lowest BCUT2D eigenvalue weighted by molar-refractivity contribution is -0.126. The summed E-state index contributed by atoms with van der Waals surface area (Å²) in [6.45, 7) is 0.660. The third-order valence-electron chi connectivity index (χ3n) is 3.09. The smallest absolute Gasteiger partial charge is 0.223 e. The summed E-state index contributed by atoms with van der Waals surface area (Å²) >= 11 is 5.15. The van der Waals surface area contributed by atoms with Gasteiger partial charge in [-0.1, -0.05) is 19.3 Å². The highest BCUT2D eigenvalue weighted by Crippen LogP contribution is 2.25. The van der Waals surface area contributed by atoms with Gasteiger partial charge in [0.2, 0.25) is 5.91 Å². The highest BCUT2D eigenvalue weighted by atomic mass is 79.9. The molecule has 1 saturated carbocycles. The largest absolute Gasteiger partial charge is 0.351 e. The Labute approximate surface area is 109 Å². The van der Waals surface area contributed by atoms with E-state index in [0.717, 1.165) is 17.3 Å². The molecule has 1 aromatic heterocycles. The summed E-state index contributed by atoms with van der Waals surface area (Å²) in [7, 11) is 0. The van der Waals surface area contributed by atoms with Gasteiger partial charge in [-0.2, -0.15) is 0 Å². The quantitative estimate of drug-likeness (QED) is 0.906. The number of carbonyl (C=O) groups excluding carboxylic acids is 1. The SMILES string of the molecule is O=C(NCc1sccc1Br)C1CCCCC1. The normalized spacial score (nSPS) is 17.3. The van der Waals surface area contributed by atoms with Crippen molar-refractivity contribution in [3.63, 3.8) is 0 Å². The molecule has 1 amide bonds. The number of hydrogen-bond donors (Lipinski definition) is 1.